The van der Waals surface area contributed by atoms with E-state index in [4.69, 9.17) is 4.74 Å². The fourth-order valence-electron chi connectivity index (χ4n) is 3.02. The topological polar surface area (TPSA) is 76.5 Å². The molecular weight excluding hydrogens is 296 g/mol. The van der Waals surface area contributed by atoms with E-state index in [0.717, 1.165) is 0 Å². The first-order valence-electron chi connectivity index (χ1n) is 8.15. The molecule has 1 N–H and O–H groups in total. The number of morpholine rings is 1. The number of nitrogens with one attached hydrogen (secondary N) is 1. The first-order valence-corrected chi connectivity index (χ1v) is 8.15. The van der Waals surface area contributed by atoms with E-state index in [1.54, 1.807) is 21.8 Å². The van der Waals surface area contributed by atoms with Crippen molar-refractivity contribution >= 4 is 17.6 Å². The molecule has 1 aliphatic carbocycles. The summed E-state index contributed by atoms with van der Waals surface area (Å²) in [6.07, 6.45) is 4.03. The molecule has 7 heteroatoms. The van der Waals surface area contributed by atoms with E-state index in [1.165, 1.54) is 12.8 Å². The number of amides is 2. The molecular formula is C16H24N4O3. The molecule has 3 rings (SSSR count). The van der Waals surface area contributed by atoms with Crippen LogP contribution in [0.4, 0.5) is 5.82 Å². The van der Waals surface area contributed by atoms with Gasteiger partial charge in [-0.15, -0.1) is 0 Å². The van der Waals surface area contributed by atoms with Crippen LogP contribution in [0.15, 0.2) is 12.3 Å². The van der Waals surface area contributed by atoms with Crippen molar-refractivity contribution in [2.24, 2.45) is 5.92 Å². The number of nitrogens with zero attached hydrogens (tertiary/aromatic N) is 3. The summed E-state index contributed by atoms with van der Waals surface area (Å²) < 4.78 is 7.37. The van der Waals surface area contributed by atoms with Crippen molar-refractivity contribution in [3.63, 3.8) is 0 Å². The third kappa shape index (κ3) is 3.55. The number of hydrogen-bond donors (Lipinski definition) is 1. The lowest BCUT2D eigenvalue weighted by molar-refractivity contribution is -0.153. The van der Waals surface area contributed by atoms with Crippen LogP contribution in [-0.4, -0.2) is 51.8 Å². The zero-order valence-electron chi connectivity index (χ0n) is 13.9. The molecule has 0 bridgehead atoms. The summed E-state index contributed by atoms with van der Waals surface area (Å²) >= 11 is 0. The van der Waals surface area contributed by atoms with Crippen LogP contribution in [0.5, 0.6) is 0 Å². The zero-order chi connectivity index (χ0) is 16.6. The van der Waals surface area contributed by atoms with E-state index in [9.17, 15) is 9.59 Å². The largest absolute Gasteiger partial charge is 0.372 e. The van der Waals surface area contributed by atoms with Crippen molar-refractivity contribution < 1.29 is 14.3 Å². The fourth-order valence-corrected chi connectivity index (χ4v) is 3.02. The number of rotatable bonds is 3. The minimum atomic E-state index is -0.618. The van der Waals surface area contributed by atoms with Gasteiger partial charge in [-0.1, -0.05) is 0 Å². The Morgan fingerprint density at radius 3 is 2.83 bits per heavy atom. The molecule has 1 aromatic heterocycles. The van der Waals surface area contributed by atoms with E-state index in [0.29, 0.717) is 31.4 Å². The second-order valence-electron chi connectivity index (χ2n) is 7.03. The van der Waals surface area contributed by atoms with Crippen LogP contribution < -0.4 is 5.32 Å². The van der Waals surface area contributed by atoms with Gasteiger partial charge in [0.05, 0.1) is 24.4 Å². The lowest BCUT2D eigenvalue weighted by atomic mass is 10.1. The van der Waals surface area contributed by atoms with E-state index in [2.05, 4.69) is 17.3 Å². The van der Waals surface area contributed by atoms with Crippen LogP contribution in [0.25, 0.3) is 0 Å². The quantitative estimate of drug-likeness (QED) is 0.855. The third-order valence-electron chi connectivity index (χ3n) is 4.51. The summed E-state index contributed by atoms with van der Waals surface area (Å²) in [5.41, 5.74) is -0.420. The Balaban J connectivity index is 1.65. The summed E-state index contributed by atoms with van der Waals surface area (Å²) in [4.78, 5) is 26.2. The smallest absolute Gasteiger partial charge is 0.315 e. The highest BCUT2D eigenvalue weighted by atomic mass is 16.5. The maximum absolute atomic E-state index is 12.4. The number of ether oxygens (including phenoxy) is 1. The average molecular weight is 320 g/mol. The molecule has 0 aromatic carbocycles. The summed E-state index contributed by atoms with van der Waals surface area (Å²) in [5.74, 6) is 0.0530. The van der Waals surface area contributed by atoms with Gasteiger partial charge in [0, 0.05) is 19.2 Å². The van der Waals surface area contributed by atoms with E-state index in [-0.39, 0.29) is 6.04 Å². The second kappa shape index (κ2) is 5.96. The lowest BCUT2D eigenvalue weighted by Gasteiger charge is -2.37. The van der Waals surface area contributed by atoms with Gasteiger partial charge in [-0.05, 0) is 39.5 Å². The van der Waals surface area contributed by atoms with Crippen molar-refractivity contribution in [1.29, 1.82) is 0 Å². The molecule has 1 saturated carbocycles. The number of hydrogen-bond acceptors (Lipinski definition) is 4. The highest BCUT2D eigenvalue weighted by Crippen LogP contribution is 2.40. The molecule has 2 aliphatic rings. The number of carbonyl (C=O) groups excluding carboxylic acids is 2. The van der Waals surface area contributed by atoms with Crippen LogP contribution in [0.1, 0.15) is 39.7 Å². The Morgan fingerprint density at radius 2 is 2.17 bits per heavy atom. The Kier molecular flexibility index (Phi) is 4.14. The van der Waals surface area contributed by atoms with Crippen LogP contribution in [0, 0.1) is 5.92 Å². The first kappa shape index (κ1) is 16.0. The Labute approximate surface area is 136 Å². The summed E-state index contributed by atoms with van der Waals surface area (Å²) in [6, 6.07) is 1.96. The van der Waals surface area contributed by atoms with E-state index >= 15 is 0 Å². The molecule has 0 radical (unpaired) electrons. The molecule has 23 heavy (non-hydrogen) atoms. The van der Waals surface area contributed by atoms with Gasteiger partial charge in [-0.25, -0.2) is 4.68 Å². The van der Waals surface area contributed by atoms with E-state index in [1.807, 2.05) is 13.8 Å². The standard InChI is InChI=1S/C16H24N4O3/c1-11(12-4-5-12)20-13(6-7-17-20)18-14(21)15(22)19-8-9-23-16(2,3)10-19/h6-7,11-12H,4-5,8-10H2,1-3H3,(H,18,21). The van der Waals surface area contributed by atoms with Crippen molar-refractivity contribution in [3.05, 3.63) is 12.3 Å². The molecule has 1 aromatic rings. The Bertz CT molecular complexity index is 606. The third-order valence-corrected chi connectivity index (χ3v) is 4.51. The SMILES string of the molecule is CC(C1CC1)n1nccc1NC(=O)C(=O)N1CCOC(C)(C)C1. The molecule has 2 fully saturated rings. The first-order chi connectivity index (χ1) is 10.9. The highest BCUT2D eigenvalue weighted by molar-refractivity contribution is 6.39. The van der Waals surface area contributed by atoms with Gasteiger partial charge in [0.2, 0.25) is 0 Å². The number of aromatic nitrogens is 2. The molecule has 1 atom stereocenters. The molecule has 0 spiro atoms. The summed E-state index contributed by atoms with van der Waals surface area (Å²) in [5, 5.41) is 6.99. The Morgan fingerprint density at radius 1 is 1.43 bits per heavy atom. The molecule has 1 saturated heterocycles. The molecule has 2 heterocycles. The monoisotopic (exact) mass is 320 g/mol. The average Bonchev–Trinajstić information content (AvgIpc) is 3.25. The number of carbonyl (C=O) groups is 2. The van der Waals surface area contributed by atoms with Crippen molar-refractivity contribution in [3.8, 4) is 0 Å². The fraction of sp³-hybridized carbons (Fsp3) is 0.688. The second-order valence-corrected chi connectivity index (χ2v) is 7.03. The van der Waals surface area contributed by atoms with Gasteiger partial charge in [0.1, 0.15) is 5.82 Å². The van der Waals surface area contributed by atoms with Crippen LogP contribution in [0.2, 0.25) is 0 Å². The van der Waals surface area contributed by atoms with Gasteiger partial charge in [0.25, 0.3) is 0 Å². The molecule has 1 unspecified atom stereocenters. The molecule has 126 valence electrons. The van der Waals surface area contributed by atoms with Crippen molar-refractivity contribution in [1.82, 2.24) is 14.7 Å². The van der Waals surface area contributed by atoms with Gasteiger partial charge < -0.3 is 15.0 Å². The van der Waals surface area contributed by atoms with Gasteiger partial charge in [-0.2, -0.15) is 5.10 Å². The predicted octanol–water partition coefficient (Wildman–Crippen LogP) is 1.43. The normalized spacial score (nSPS) is 21.8. The van der Waals surface area contributed by atoms with Crippen molar-refractivity contribution in [2.45, 2.75) is 45.3 Å². The Hall–Kier alpha value is -1.89. The molecule has 1 aliphatic heterocycles. The van der Waals surface area contributed by atoms with Crippen molar-refractivity contribution in [2.75, 3.05) is 25.0 Å². The minimum absolute atomic E-state index is 0.234. The van der Waals surface area contributed by atoms with E-state index < -0.39 is 17.4 Å². The van der Waals surface area contributed by atoms with Crippen LogP contribution in [-0.2, 0) is 14.3 Å². The van der Waals surface area contributed by atoms with Gasteiger partial charge in [-0.3, -0.25) is 9.59 Å². The maximum Gasteiger partial charge on any atom is 0.315 e. The highest BCUT2D eigenvalue weighted by Gasteiger charge is 2.34. The van der Waals surface area contributed by atoms with Gasteiger partial charge >= 0.3 is 11.8 Å². The van der Waals surface area contributed by atoms with Crippen LogP contribution in [0.3, 0.4) is 0 Å². The molecule has 2 amide bonds. The maximum atomic E-state index is 12.4. The minimum Gasteiger partial charge on any atom is -0.372 e. The predicted molar refractivity (Wildman–Crippen MR) is 84.9 cm³/mol. The lowest BCUT2D eigenvalue weighted by Crippen LogP contribution is -2.53. The summed E-state index contributed by atoms with van der Waals surface area (Å²) in [7, 11) is 0. The molecule has 7 nitrogen and oxygen atoms in total. The number of anilines is 1. The summed E-state index contributed by atoms with van der Waals surface area (Å²) in [6.45, 7) is 7.22. The van der Waals surface area contributed by atoms with Gasteiger partial charge in [0.15, 0.2) is 0 Å². The van der Waals surface area contributed by atoms with Crippen LogP contribution >= 0.6 is 0 Å². The zero-order valence-corrected chi connectivity index (χ0v) is 13.9.